The molecule has 0 fully saturated rings. The first-order valence-electron chi connectivity index (χ1n) is 8.05. The van der Waals surface area contributed by atoms with Gasteiger partial charge in [0.2, 0.25) is 0 Å². The number of amides is 1. The molecule has 27 heavy (non-hydrogen) atoms. The fourth-order valence-corrected chi connectivity index (χ4v) is 2.79. The first-order chi connectivity index (χ1) is 13.1. The van der Waals surface area contributed by atoms with Crippen molar-refractivity contribution in [3.63, 3.8) is 0 Å². The van der Waals surface area contributed by atoms with E-state index in [1.54, 1.807) is 72.1 Å². The van der Waals surface area contributed by atoms with E-state index in [1.165, 1.54) is 17.6 Å². The van der Waals surface area contributed by atoms with E-state index >= 15 is 0 Å². The predicted octanol–water partition coefficient (Wildman–Crippen LogP) is 3.15. The normalized spacial score (nSPS) is 11.9. The topological polar surface area (TPSA) is 88.0 Å². The van der Waals surface area contributed by atoms with Crippen LogP contribution in [0, 0.1) is 0 Å². The molecule has 3 rings (SSSR count). The molecule has 1 heterocycles. The Morgan fingerprint density at radius 1 is 1.04 bits per heavy atom. The van der Waals surface area contributed by atoms with Gasteiger partial charge in [-0.2, -0.15) is 5.10 Å². The van der Waals surface area contributed by atoms with E-state index in [1.807, 2.05) is 0 Å². The molecule has 1 amide bonds. The maximum atomic E-state index is 11.9. The van der Waals surface area contributed by atoms with Gasteiger partial charge in [0.1, 0.15) is 10.6 Å². The van der Waals surface area contributed by atoms with Gasteiger partial charge in [-0.15, -0.1) is 11.3 Å². The van der Waals surface area contributed by atoms with E-state index < -0.39 is 18.0 Å². The highest BCUT2D eigenvalue weighted by Crippen LogP contribution is 2.16. The van der Waals surface area contributed by atoms with Gasteiger partial charge in [0.05, 0.1) is 6.21 Å². The SMILES string of the molecule is O=C(Oc1ccc(/C=N\NC(=O)[C@H](O)c2ccccc2)cc1)c1cccs1. The van der Waals surface area contributed by atoms with Gasteiger partial charge in [-0.25, -0.2) is 10.2 Å². The van der Waals surface area contributed by atoms with Crippen molar-refractivity contribution in [3.8, 4) is 5.75 Å². The van der Waals surface area contributed by atoms with Crippen LogP contribution in [0.3, 0.4) is 0 Å². The van der Waals surface area contributed by atoms with Crippen LogP contribution >= 0.6 is 11.3 Å². The van der Waals surface area contributed by atoms with Crippen molar-refractivity contribution in [1.82, 2.24) is 5.43 Å². The number of thiophene rings is 1. The van der Waals surface area contributed by atoms with Gasteiger partial charge in [-0.3, -0.25) is 4.79 Å². The molecular formula is C20H16N2O4S. The number of hydrogen-bond donors (Lipinski definition) is 2. The van der Waals surface area contributed by atoms with E-state index in [4.69, 9.17) is 4.74 Å². The molecule has 0 unspecified atom stereocenters. The zero-order valence-electron chi connectivity index (χ0n) is 14.1. The molecule has 0 saturated carbocycles. The lowest BCUT2D eigenvalue weighted by Gasteiger charge is -2.08. The van der Waals surface area contributed by atoms with Gasteiger partial charge in [0, 0.05) is 0 Å². The fourth-order valence-electron chi connectivity index (χ4n) is 2.19. The zero-order chi connectivity index (χ0) is 19.1. The van der Waals surface area contributed by atoms with Crippen LogP contribution in [-0.4, -0.2) is 23.2 Å². The fraction of sp³-hybridized carbons (Fsp3) is 0.0500. The van der Waals surface area contributed by atoms with E-state index in [0.717, 1.165) is 0 Å². The van der Waals surface area contributed by atoms with Gasteiger partial charge in [-0.05, 0) is 46.8 Å². The summed E-state index contributed by atoms with van der Waals surface area (Å²) in [6.45, 7) is 0. The molecule has 136 valence electrons. The Hall–Kier alpha value is -3.29. The molecule has 1 atom stereocenters. The van der Waals surface area contributed by atoms with Crippen LogP contribution in [0.4, 0.5) is 0 Å². The molecule has 0 bridgehead atoms. The first-order valence-corrected chi connectivity index (χ1v) is 8.93. The van der Waals surface area contributed by atoms with Crippen molar-refractivity contribution in [1.29, 1.82) is 0 Å². The summed E-state index contributed by atoms with van der Waals surface area (Å²) in [7, 11) is 0. The van der Waals surface area contributed by atoms with Crippen LogP contribution in [0.5, 0.6) is 5.75 Å². The largest absolute Gasteiger partial charge is 0.422 e. The quantitative estimate of drug-likeness (QED) is 0.298. The first kappa shape index (κ1) is 18.5. The number of benzene rings is 2. The summed E-state index contributed by atoms with van der Waals surface area (Å²) in [6, 6.07) is 18.7. The number of nitrogens with zero attached hydrogens (tertiary/aromatic N) is 1. The number of rotatable bonds is 6. The van der Waals surface area contributed by atoms with Gasteiger partial charge >= 0.3 is 5.97 Å². The van der Waals surface area contributed by atoms with Crippen LogP contribution in [0.15, 0.2) is 77.2 Å². The van der Waals surface area contributed by atoms with Crippen molar-refractivity contribution < 1.29 is 19.4 Å². The lowest BCUT2D eigenvalue weighted by atomic mass is 10.1. The average Bonchev–Trinajstić information content (AvgIpc) is 3.24. The molecular weight excluding hydrogens is 364 g/mol. The van der Waals surface area contributed by atoms with Crippen LogP contribution in [0.25, 0.3) is 0 Å². The minimum atomic E-state index is -1.29. The zero-order valence-corrected chi connectivity index (χ0v) is 14.9. The number of ether oxygens (including phenoxy) is 1. The number of nitrogens with one attached hydrogen (secondary N) is 1. The number of esters is 1. The molecule has 2 N–H and O–H groups in total. The third-order valence-corrected chi connectivity index (χ3v) is 4.41. The Morgan fingerprint density at radius 3 is 2.44 bits per heavy atom. The van der Waals surface area contributed by atoms with Gasteiger partial charge in [0.15, 0.2) is 6.10 Å². The standard InChI is InChI=1S/C20H16N2O4S/c23-18(15-5-2-1-3-6-15)19(24)22-21-13-14-8-10-16(11-9-14)26-20(25)17-7-4-12-27-17/h1-13,18,23H,(H,22,24)/b21-13-/t18-/m1/s1. The molecule has 0 spiro atoms. The third-order valence-electron chi connectivity index (χ3n) is 3.57. The molecule has 6 nitrogen and oxygen atoms in total. The van der Waals surface area contributed by atoms with E-state index in [-0.39, 0.29) is 0 Å². The number of aliphatic hydroxyl groups excluding tert-OH is 1. The summed E-state index contributed by atoms with van der Waals surface area (Å²) >= 11 is 1.31. The number of hydrogen-bond acceptors (Lipinski definition) is 6. The highest BCUT2D eigenvalue weighted by molar-refractivity contribution is 7.12. The molecule has 1 aromatic heterocycles. The number of carbonyl (C=O) groups excluding carboxylic acids is 2. The van der Waals surface area contributed by atoms with Crippen LogP contribution in [-0.2, 0) is 4.79 Å². The highest BCUT2D eigenvalue weighted by atomic mass is 32.1. The molecule has 0 saturated heterocycles. The molecule has 0 radical (unpaired) electrons. The monoisotopic (exact) mass is 380 g/mol. The summed E-state index contributed by atoms with van der Waals surface area (Å²) < 4.78 is 5.26. The van der Waals surface area contributed by atoms with Crippen LogP contribution in [0.2, 0.25) is 0 Å². The van der Waals surface area contributed by atoms with Crippen molar-refractivity contribution in [2.24, 2.45) is 5.10 Å². The average molecular weight is 380 g/mol. The summed E-state index contributed by atoms with van der Waals surface area (Å²) in [4.78, 5) is 24.3. The van der Waals surface area contributed by atoms with Gasteiger partial charge in [-0.1, -0.05) is 36.4 Å². The second kappa shape index (κ2) is 8.88. The van der Waals surface area contributed by atoms with Crippen molar-refractivity contribution in [2.75, 3.05) is 0 Å². The second-order valence-electron chi connectivity index (χ2n) is 5.48. The smallest absolute Gasteiger partial charge is 0.353 e. The molecule has 0 aliphatic rings. The summed E-state index contributed by atoms with van der Waals surface area (Å²) in [5.74, 6) is -0.624. The molecule has 0 aliphatic carbocycles. The maximum Gasteiger partial charge on any atom is 0.353 e. The van der Waals surface area contributed by atoms with Crippen LogP contribution in [0.1, 0.15) is 26.9 Å². The maximum absolute atomic E-state index is 11.9. The van der Waals surface area contributed by atoms with Gasteiger partial charge in [0.25, 0.3) is 5.91 Å². The van der Waals surface area contributed by atoms with Crippen molar-refractivity contribution in [2.45, 2.75) is 6.10 Å². The highest BCUT2D eigenvalue weighted by Gasteiger charge is 2.15. The number of carbonyl (C=O) groups is 2. The molecule has 0 aliphatic heterocycles. The predicted molar refractivity (Wildman–Crippen MR) is 103 cm³/mol. The number of hydrazone groups is 1. The minimum absolute atomic E-state index is 0.409. The molecule has 3 aromatic rings. The molecule has 7 heteroatoms. The summed E-state index contributed by atoms with van der Waals surface area (Å²) in [5, 5.41) is 15.6. The van der Waals surface area contributed by atoms with Crippen molar-refractivity contribution >= 4 is 29.4 Å². The molecule has 2 aromatic carbocycles. The summed E-state index contributed by atoms with van der Waals surface area (Å²) in [6.07, 6.45) is 0.142. The third kappa shape index (κ3) is 5.10. The number of aliphatic hydroxyl groups is 1. The second-order valence-corrected chi connectivity index (χ2v) is 6.43. The lowest BCUT2D eigenvalue weighted by Crippen LogP contribution is -2.25. The lowest BCUT2D eigenvalue weighted by molar-refractivity contribution is -0.129. The Kier molecular flexibility index (Phi) is 6.09. The van der Waals surface area contributed by atoms with E-state index in [2.05, 4.69) is 10.5 Å². The van der Waals surface area contributed by atoms with Crippen LogP contribution < -0.4 is 10.2 Å². The Balaban J connectivity index is 1.53. The summed E-state index contributed by atoms with van der Waals surface area (Å²) in [5.41, 5.74) is 3.47. The minimum Gasteiger partial charge on any atom is -0.422 e. The Labute approximate surface area is 159 Å². The van der Waals surface area contributed by atoms with E-state index in [0.29, 0.717) is 21.8 Å². The Morgan fingerprint density at radius 2 is 1.78 bits per heavy atom. The Bertz CT molecular complexity index is 922. The van der Waals surface area contributed by atoms with Crippen molar-refractivity contribution in [3.05, 3.63) is 88.1 Å². The van der Waals surface area contributed by atoms with Gasteiger partial charge < -0.3 is 9.84 Å². The van der Waals surface area contributed by atoms with E-state index in [9.17, 15) is 14.7 Å².